The van der Waals surface area contributed by atoms with Crippen LogP contribution in [0.25, 0.3) is 22.5 Å². The SMILES string of the molecule is C=Nc1ccccc1SCCNc1cc(-c2nc(C)n(S)c2-c2ccc(F)cc2)ccn1. The molecule has 2 aromatic carbocycles. The summed E-state index contributed by atoms with van der Waals surface area (Å²) in [4.78, 5) is 14.3. The number of nitrogens with zero attached hydrogens (tertiary/aromatic N) is 4. The Kier molecular flexibility index (Phi) is 6.92. The number of thiol groups is 1. The first-order valence-electron chi connectivity index (χ1n) is 10.00. The lowest BCUT2D eigenvalue weighted by Crippen LogP contribution is -2.05. The molecule has 0 bridgehead atoms. The van der Waals surface area contributed by atoms with Crippen LogP contribution in [0.3, 0.4) is 0 Å². The van der Waals surface area contributed by atoms with E-state index in [2.05, 4.69) is 34.8 Å². The average molecular weight is 464 g/mol. The van der Waals surface area contributed by atoms with Gasteiger partial charge in [-0.25, -0.2) is 14.4 Å². The molecule has 0 unspecified atom stereocenters. The second-order valence-corrected chi connectivity index (χ2v) is 8.54. The summed E-state index contributed by atoms with van der Waals surface area (Å²) in [6, 6.07) is 18.2. The van der Waals surface area contributed by atoms with E-state index in [4.69, 9.17) is 4.98 Å². The number of pyridine rings is 1. The van der Waals surface area contributed by atoms with E-state index in [9.17, 15) is 4.39 Å². The minimum atomic E-state index is -0.281. The van der Waals surface area contributed by atoms with Crippen LogP contribution in [-0.4, -0.2) is 33.0 Å². The lowest BCUT2D eigenvalue weighted by Gasteiger charge is -2.09. The highest BCUT2D eigenvalue weighted by Crippen LogP contribution is 2.34. The number of aliphatic imine (C=N–C) groups is 1. The van der Waals surface area contributed by atoms with E-state index in [1.54, 1.807) is 34.1 Å². The third kappa shape index (κ3) is 4.87. The zero-order valence-electron chi connectivity index (χ0n) is 17.5. The van der Waals surface area contributed by atoms with E-state index >= 15 is 0 Å². The Bertz CT molecular complexity index is 1240. The first kappa shape index (κ1) is 22.1. The van der Waals surface area contributed by atoms with Crippen molar-refractivity contribution in [1.29, 1.82) is 0 Å². The number of hydrogen-bond acceptors (Lipinski definition) is 6. The van der Waals surface area contributed by atoms with Gasteiger partial charge >= 0.3 is 0 Å². The highest BCUT2D eigenvalue weighted by molar-refractivity contribution is 7.99. The number of aryl methyl sites for hydroxylation is 1. The van der Waals surface area contributed by atoms with Crippen LogP contribution >= 0.6 is 24.6 Å². The molecule has 0 aliphatic heterocycles. The van der Waals surface area contributed by atoms with Crippen molar-refractivity contribution < 1.29 is 4.39 Å². The molecule has 0 atom stereocenters. The van der Waals surface area contributed by atoms with Gasteiger partial charge in [-0.2, -0.15) is 0 Å². The summed E-state index contributed by atoms with van der Waals surface area (Å²) in [5.74, 6) is 2.08. The summed E-state index contributed by atoms with van der Waals surface area (Å²) in [5, 5.41) is 3.37. The third-order valence-electron chi connectivity index (χ3n) is 4.87. The number of rotatable bonds is 8. The van der Waals surface area contributed by atoms with Crippen molar-refractivity contribution in [3.8, 4) is 22.5 Å². The predicted molar refractivity (Wildman–Crippen MR) is 135 cm³/mol. The van der Waals surface area contributed by atoms with Gasteiger partial charge in [-0.15, -0.1) is 11.8 Å². The van der Waals surface area contributed by atoms with E-state index in [1.807, 2.05) is 43.3 Å². The van der Waals surface area contributed by atoms with Gasteiger partial charge in [0.1, 0.15) is 17.5 Å². The molecule has 4 rings (SSSR count). The molecule has 2 aromatic heterocycles. The normalized spacial score (nSPS) is 10.8. The first-order valence-corrected chi connectivity index (χ1v) is 11.4. The van der Waals surface area contributed by atoms with Gasteiger partial charge in [0, 0.05) is 34.5 Å². The molecule has 2 heterocycles. The number of thioether (sulfide) groups is 1. The number of anilines is 1. The van der Waals surface area contributed by atoms with Gasteiger partial charge in [0.2, 0.25) is 0 Å². The molecule has 0 saturated carbocycles. The van der Waals surface area contributed by atoms with E-state index in [0.717, 1.165) is 57.0 Å². The van der Waals surface area contributed by atoms with Crippen molar-refractivity contribution >= 4 is 42.8 Å². The molecule has 0 aliphatic carbocycles. The van der Waals surface area contributed by atoms with Crippen LogP contribution < -0.4 is 5.32 Å². The van der Waals surface area contributed by atoms with Crippen LogP contribution in [-0.2, 0) is 0 Å². The third-order valence-corrected chi connectivity index (χ3v) is 6.42. The molecular formula is C24H22FN5S2. The maximum Gasteiger partial charge on any atom is 0.126 e. The van der Waals surface area contributed by atoms with Crippen LogP contribution in [0.1, 0.15) is 5.82 Å². The van der Waals surface area contributed by atoms with Crippen molar-refractivity contribution in [2.24, 2.45) is 4.99 Å². The molecule has 0 radical (unpaired) electrons. The lowest BCUT2D eigenvalue weighted by molar-refractivity contribution is 0.628. The maximum absolute atomic E-state index is 13.4. The van der Waals surface area contributed by atoms with E-state index < -0.39 is 0 Å². The molecule has 0 fully saturated rings. The van der Waals surface area contributed by atoms with Gasteiger partial charge in [-0.05, 0) is 62.2 Å². The van der Waals surface area contributed by atoms with Crippen molar-refractivity contribution in [1.82, 2.24) is 13.9 Å². The van der Waals surface area contributed by atoms with Gasteiger partial charge in [0.15, 0.2) is 0 Å². The number of para-hydroxylation sites is 1. The van der Waals surface area contributed by atoms with Crippen LogP contribution in [0.2, 0.25) is 0 Å². The van der Waals surface area contributed by atoms with Crippen LogP contribution in [0, 0.1) is 12.7 Å². The number of imidazole rings is 1. The largest absolute Gasteiger partial charge is 0.369 e. The molecule has 4 aromatic rings. The van der Waals surface area contributed by atoms with Gasteiger partial charge in [-0.3, -0.25) is 8.96 Å². The number of halogens is 1. The molecule has 1 N–H and O–H groups in total. The molecule has 0 spiro atoms. The number of hydrogen-bond donors (Lipinski definition) is 2. The van der Waals surface area contributed by atoms with Crippen LogP contribution in [0.5, 0.6) is 0 Å². The molecule has 0 aliphatic rings. The van der Waals surface area contributed by atoms with Crippen LogP contribution in [0.15, 0.2) is 76.7 Å². The first-order chi connectivity index (χ1) is 15.6. The molecular weight excluding hydrogens is 441 g/mol. The van der Waals surface area contributed by atoms with Gasteiger partial charge in [0.05, 0.1) is 17.1 Å². The Labute approximate surface area is 196 Å². The van der Waals surface area contributed by atoms with Gasteiger partial charge in [-0.1, -0.05) is 24.9 Å². The number of nitrogens with one attached hydrogen (secondary N) is 1. The highest BCUT2D eigenvalue weighted by Gasteiger charge is 2.17. The Morgan fingerprint density at radius 2 is 1.91 bits per heavy atom. The Hall–Kier alpha value is -3.10. The fourth-order valence-corrected chi connectivity index (χ4v) is 4.45. The van der Waals surface area contributed by atoms with E-state index in [1.165, 1.54) is 12.1 Å². The summed E-state index contributed by atoms with van der Waals surface area (Å²) in [7, 11) is 0. The summed E-state index contributed by atoms with van der Waals surface area (Å²) < 4.78 is 15.1. The summed E-state index contributed by atoms with van der Waals surface area (Å²) in [6.07, 6.45) is 1.75. The van der Waals surface area contributed by atoms with Crippen molar-refractivity contribution in [3.05, 3.63) is 78.5 Å². The van der Waals surface area contributed by atoms with Crippen molar-refractivity contribution in [3.63, 3.8) is 0 Å². The topological polar surface area (TPSA) is 55.1 Å². The Morgan fingerprint density at radius 3 is 2.69 bits per heavy atom. The zero-order valence-corrected chi connectivity index (χ0v) is 19.2. The molecule has 162 valence electrons. The van der Waals surface area contributed by atoms with E-state index in [0.29, 0.717) is 0 Å². The summed E-state index contributed by atoms with van der Waals surface area (Å²) in [5.41, 5.74) is 4.23. The fraction of sp³-hybridized carbons (Fsp3) is 0.125. The van der Waals surface area contributed by atoms with E-state index in [-0.39, 0.29) is 5.82 Å². The second-order valence-electron chi connectivity index (χ2n) is 7.01. The standard InChI is InChI=1S/C24H22FN5S2/c1-16-29-23(24(30(16)31)17-7-9-19(25)10-8-17)18-11-12-27-22(15-18)28-13-14-32-21-6-4-3-5-20(21)26-2/h3-12,15,31H,2,13-14H2,1H3,(H,27,28). The maximum atomic E-state index is 13.4. The predicted octanol–water partition coefficient (Wildman–Crippen LogP) is 6.29. The molecule has 0 saturated heterocycles. The minimum Gasteiger partial charge on any atom is -0.369 e. The summed E-state index contributed by atoms with van der Waals surface area (Å²) in [6.45, 7) is 6.25. The Balaban J connectivity index is 1.50. The quantitative estimate of drug-likeness (QED) is 0.140. The smallest absolute Gasteiger partial charge is 0.126 e. The van der Waals surface area contributed by atoms with Crippen molar-refractivity contribution in [2.45, 2.75) is 11.8 Å². The monoisotopic (exact) mass is 463 g/mol. The molecule has 32 heavy (non-hydrogen) atoms. The van der Waals surface area contributed by atoms with Gasteiger partial charge < -0.3 is 5.32 Å². The second kappa shape index (κ2) is 10.0. The summed E-state index contributed by atoms with van der Waals surface area (Å²) >= 11 is 6.30. The zero-order chi connectivity index (χ0) is 22.5. The van der Waals surface area contributed by atoms with Crippen LogP contribution in [0.4, 0.5) is 15.9 Å². The minimum absolute atomic E-state index is 0.281. The number of aromatic nitrogens is 3. The average Bonchev–Trinajstić information content (AvgIpc) is 3.12. The van der Waals surface area contributed by atoms with Gasteiger partial charge in [0.25, 0.3) is 0 Å². The highest BCUT2D eigenvalue weighted by atomic mass is 32.2. The Morgan fingerprint density at radius 1 is 1.12 bits per heavy atom. The molecule has 5 nitrogen and oxygen atoms in total. The molecule has 0 amide bonds. The van der Waals surface area contributed by atoms with Crippen molar-refractivity contribution in [2.75, 3.05) is 17.6 Å². The lowest BCUT2D eigenvalue weighted by atomic mass is 10.1. The number of benzene rings is 2. The molecule has 8 heteroatoms. The fourth-order valence-electron chi connectivity index (χ4n) is 3.32.